The molecule has 0 aliphatic heterocycles. The van der Waals surface area contributed by atoms with E-state index in [9.17, 15) is 18.1 Å². The first-order valence-electron chi connectivity index (χ1n) is 7.72. The molecule has 2 aromatic rings. The number of sulfonamides is 1. The fraction of sp³-hybridized carbons (Fsp3) is 0.250. The summed E-state index contributed by atoms with van der Waals surface area (Å²) in [5, 5.41) is 6.27. The van der Waals surface area contributed by atoms with Crippen molar-refractivity contribution in [3.8, 4) is 0 Å². The standard InChI is InChI=1S/C16H19N5O4S/c1-11(2)18-16(22)19-26(24,25)15-10-17-9-8-14(15)21(20-23)13-6-4-12(3)5-7-13/h4-11H,1-3H3,(H2,18,19,22). The Morgan fingerprint density at radius 3 is 2.42 bits per heavy atom. The van der Waals surface area contributed by atoms with Crippen molar-refractivity contribution in [1.29, 1.82) is 0 Å². The van der Waals surface area contributed by atoms with Gasteiger partial charge in [0.15, 0.2) is 0 Å². The van der Waals surface area contributed by atoms with Gasteiger partial charge in [0.25, 0.3) is 10.0 Å². The highest BCUT2D eigenvalue weighted by Crippen LogP contribution is 2.31. The molecule has 0 aliphatic rings. The van der Waals surface area contributed by atoms with Gasteiger partial charge in [-0.05, 0) is 39.0 Å². The van der Waals surface area contributed by atoms with Crippen molar-refractivity contribution in [2.24, 2.45) is 5.29 Å². The van der Waals surface area contributed by atoms with Gasteiger partial charge >= 0.3 is 6.03 Å². The topological polar surface area (TPSA) is 121 Å². The molecule has 10 heteroatoms. The Balaban J connectivity index is 2.44. The molecule has 0 spiro atoms. The first-order chi connectivity index (χ1) is 12.2. The molecule has 0 unspecified atom stereocenters. The average Bonchev–Trinajstić information content (AvgIpc) is 2.56. The van der Waals surface area contributed by atoms with Gasteiger partial charge in [0.05, 0.1) is 16.7 Å². The largest absolute Gasteiger partial charge is 0.335 e. The predicted octanol–water partition coefficient (Wildman–Crippen LogP) is 2.61. The highest BCUT2D eigenvalue weighted by atomic mass is 32.2. The second-order valence-electron chi connectivity index (χ2n) is 5.81. The molecule has 138 valence electrons. The maximum Gasteiger partial charge on any atom is 0.328 e. The fourth-order valence-corrected chi connectivity index (χ4v) is 3.18. The Morgan fingerprint density at radius 2 is 1.85 bits per heavy atom. The molecule has 0 fully saturated rings. The molecule has 2 rings (SSSR count). The van der Waals surface area contributed by atoms with Crippen LogP contribution in [0.4, 0.5) is 16.2 Å². The van der Waals surface area contributed by atoms with Gasteiger partial charge in [-0.3, -0.25) is 4.98 Å². The van der Waals surface area contributed by atoms with Crippen LogP contribution in [0.25, 0.3) is 0 Å². The van der Waals surface area contributed by atoms with E-state index in [1.165, 1.54) is 12.3 Å². The van der Waals surface area contributed by atoms with Crippen LogP contribution in [0.2, 0.25) is 0 Å². The number of nitroso groups, excluding NO2 is 1. The Bertz CT molecular complexity index is 897. The fourth-order valence-electron chi connectivity index (χ4n) is 2.14. The number of anilines is 2. The number of carbonyl (C=O) groups excluding carboxylic acids is 1. The van der Waals surface area contributed by atoms with Crippen LogP contribution in [0.3, 0.4) is 0 Å². The molecule has 0 saturated heterocycles. The molecule has 0 aliphatic carbocycles. The minimum Gasteiger partial charge on any atom is -0.335 e. The molecule has 1 heterocycles. The van der Waals surface area contributed by atoms with Crippen molar-refractivity contribution in [2.75, 3.05) is 5.01 Å². The van der Waals surface area contributed by atoms with Crippen LogP contribution < -0.4 is 15.0 Å². The maximum absolute atomic E-state index is 12.6. The highest BCUT2D eigenvalue weighted by molar-refractivity contribution is 7.90. The summed E-state index contributed by atoms with van der Waals surface area (Å²) < 4.78 is 27.0. The Morgan fingerprint density at radius 1 is 1.19 bits per heavy atom. The second-order valence-corrected chi connectivity index (χ2v) is 7.46. The van der Waals surface area contributed by atoms with Crippen molar-refractivity contribution in [1.82, 2.24) is 15.0 Å². The smallest absolute Gasteiger partial charge is 0.328 e. The minimum absolute atomic E-state index is 0.0244. The molecule has 2 amide bonds. The molecule has 0 atom stereocenters. The summed E-state index contributed by atoms with van der Waals surface area (Å²) in [6.07, 6.45) is 2.38. The molecule has 1 aromatic heterocycles. The lowest BCUT2D eigenvalue weighted by Gasteiger charge is -2.19. The summed E-state index contributed by atoms with van der Waals surface area (Å²) in [6.45, 7) is 5.26. The molecular formula is C16H19N5O4S. The lowest BCUT2D eigenvalue weighted by Crippen LogP contribution is -2.42. The summed E-state index contributed by atoms with van der Waals surface area (Å²) in [5.41, 5.74) is 1.32. The van der Waals surface area contributed by atoms with Gasteiger partial charge in [-0.1, -0.05) is 17.7 Å². The molecule has 0 saturated carbocycles. The number of amides is 2. The Kier molecular flexibility index (Phi) is 5.88. The Hall–Kier alpha value is -3.01. The number of urea groups is 1. The van der Waals surface area contributed by atoms with E-state index < -0.39 is 16.1 Å². The molecule has 1 aromatic carbocycles. The molecule has 0 radical (unpaired) electrons. The number of pyridine rings is 1. The summed E-state index contributed by atoms with van der Waals surface area (Å²) in [6, 6.07) is 6.98. The van der Waals surface area contributed by atoms with E-state index >= 15 is 0 Å². The van der Waals surface area contributed by atoms with Crippen molar-refractivity contribution >= 4 is 27.4 Å². The van der Waals surface area contributed by atoms with Crippen LogP contribution in [-0.4, -0.2) is 25.5 Å². The number of nitrogens with one attached hydrogen (secondary N) is 2. The van der Waals surface area contributed by atoms with Gasteiger partial charge < -0.3 is 5.32 Å². The van der Waals surface area contributed by atoms with Crippen LogP contribution in [0, 0.1) is 11.8 Å². The first-order valence-corrected chi connectivity index (χ1v) is 9.20. The van der Waals surface area contributed by atoms with E-state index in [0.717, 1.165) is 16.8 Å². The van der Waals surface area contributed by atoms with Gasteiger partial charge in [-0.15, -0.1) is 4.91 Å². The number of rotatable bonds is 6. The van der Waals surface area contributed by atoms with Gasteiger partial charge in [0.1, 0.15) is 4.90 Å². The van der Waals surface area contributed by atoms with Crippen molar-refractivity contribution < 1.29 is 13.2 Å². The zero-order valence-corrected chi connectivity index (χ0v) is 15.3. The number of hydrogen-bond acceptors (Lipinski definition) is 6. The molecule has 0 bridgehead atoms. The average molecular weight is 377 g/mol. The van der Waals surface area contributed by atoms with Gasteiger partial charge in [0, 0.05) is 18.4 Å². The molecule has 2 N–H and O–H groups in total. The van der Waals surface area contributed by atoms with E-state index in [-0.39, 0.29) is 16.6 Å². The van der Waals surface area contributed by atoms with Crippen LogP contribution in [0.1, 0.15) is 19.4 Å². The number of aromatic nitrogens is 1. The zero-order valence-electron chi connectivity index (χ0n) is 14.5. The third-order valence-corrected chi connectivity index (χ3v) is 4.64. The second kappa shape index (κ2) is 7.91. The number of nitrogens with zero attached hydrogens (tertiary/aromatic N) is 3. The van der Waals surface area contributed by atoms with E-state index in [1.807, 2.05) is 11.6 Å². The van der Waals surface area contributed by atoms with Crippen LogP contribution >= 0.6 is 0 Å². The predicted molar refractivity (Wildman–Crippen MR) is 97.3 cm³/mol. The number of aryl methyl sites for hydroxylation is 1. The third kappa shape index (κ3) is 4.54. The van der Waals surface area contributed by atoms with E-state index in [2.05, 4.69) is 15.6 Å². The van der Waals surface area contributed by atoms with Crippen LogP contribution in [0.5, 0.6) is 0 Å². The van der Waals surface area contributed by atoms with Gasteiger partial charge in [0.2, 0.25) is 0 Å². The monoisotopic (exact) mass is 377 g/mol. The third-order valence-electron chi connectivity index (χ3n) is 3.29. The first kappa shape index (κ1) is 19.3. The van der Waals surface area contributed by atoms with E-state index in [1.54, 1.807) is 38.1 Å². The van der Waals surface area contributed by atoms with Crippen molar-refractivity contribution in [2.45, 2.75) is 31.7 Å². The van der Waals surface area contributed by atoms with Crippen molar-refractivity contribution in [3.05, 3.63) is 53.2 Å². The van der Waals surface area contributed by atoms with Gasteiger partial charge in [-0.2, -0.15) is 5.01 Å². The van der Waals surface area contributed by atoms with E-state index in [4.69, 9.17) is 0 Å². The Labute approximate surface area is 151 Å². The lowest BCUT2D eigenvalue weighted by molar-refractivity contribution is 0.243. The summed E-state index contributed by atoms with van der Waals surface area (Å²) in [4.78, 5) is 26.6. The lowest BCUT2D eigenvalue weighted by atomic mass is 10.2. The van der Waals surface area contributed by atoms with E-state index in [0.29, 0.717) is 5.69 Å². The minimum atomic E-state index is -4.27. The number of benzene rings is 1. The summed E-state index contributed by atoms with van der Waals surface area (Å²) in [5.74, 6) is 0. The number of hydrogen-bond donors (Lipinski definition) is 2. The van der Waals surface area contributed by atoms with Crippen LogP contribution in [0.15, 0.2) is 52.9 Å². The van der Waals surface area contributed by atoms with Crippen LogP contribution in [-0.2, 0) is 10.0 Å². The zero-order chi connectivity index (χ0) is 19.3. The van der Waals surface area contributed by atoms with Gasteiger partial charge in [-0.25, -0.2) is 17.9 Å². The normalized spacial score (nSPS) is 11.1. The quantitative estimate of drug-likeness (QED) is 0.589. The highest BCUT2D eigenvalue weighted by Gasteiger charge is 2.26. The summed E-state index contributed by atoms with van der Waals surface area (Å²) in [7, 11) is -4.27. The number of carbonyl (C=O) groups is 1. The maximum atomic E-state index is 12.6. The summed E-state index contributed by atoms with van der Waals surface area (Å²) >= 11 is 0. The SMILES string of the molecule is Cc1ccc(N(N=O)c2ccncc2S(=O)(=O)NC(=O)NC(C)C)cc1. The molecule has 9 nitrogen and oxygen atoms in total. The molecule has 26 heavy (non-hydrogen) atoms. The molecular weight excluding hydrogens is 358 g/mol. The van der Waals surface area contributed by atoms with Crippen molar-refractivity contribution in [3.63, 3.8) is 0 Å².